The molecule has 7 nitrogen and oxygen atoms in total. The summed E-state index contributed by atoms with van der Waals surface area (Å²) in [6.45, 7) is 4.31. The second-order valence-corrected chi connectivity index (χ2v) is 9.99. The summed E-state index contributed by atoms with van der Waals surface area (Å²) in [4.78, 5) is 26.1. The fraction of sp³-hybridized carbons (Fsp3) is 0.258. The monoisotopic (exact) mass is 508 g/mol. The number of anilines is 1. The number of aromatic nitrogens is 2. The number of rotatable bonds is 6. The second-order valence-electron chi connectivity index (χ2n) is 9.99. The summed E-state index contributed by atoms with van der Waals surface area (Å²) in [6.07, 6.45) is 4.22. The Morgan fingerprint density at radius 2 is 1.71 bits per heavy atom. The van der Waals surface area contributed by atoms with E-state index < -0.39 is 0 Å². The molecule has 1 aromatic heterocycles. The van der Waals surface area contributed by atoms with Gasteiger partial charge in [0.25, 0.3) is 5.91 Å². The van der Waals surface area contributed by atoms with Gasteiger partial charge in [-0.3, -0.25) is 4.79 Å². The third-order valence-electron chi connectivity index (χ3n) is 7.19. The van der Waals surface area contributed by atoms with Crippen LogP contribution in [0.4, 0.5) is 10.5 Å². The molecule has 1 fully saturated rings. The largest absolute Gasteiger partial charge is 0.507 e. The van der Waals surface area contributed by atoms with E-state index in [4.69, 9.17) is 0 Å². The van der Waals surface area contributed by atoms with Crippen molar-refractivity contribution in [3.63, 3.8) is 0 Å². The van der Waals surface area contributed by atoms with Crippen LogP contribution in [0.15, 0.2) is 72.8 Å². The first-order chi connectivity index (χ1) is 18.4. The zero-order valence-electron chi connectivity index (χ0n) is 21.7. The lowest BCUT2D eigenvalue weighted by Gasteiger charge is -2.12. The maximum Gasteiger partial charge on any atom is 0.342 e. The average Bonchev–Trinajstić information content (AvgIpc) is 3.60. The quantitative estimate of drug-likeness (QED) is 0.258. The van der Waals surface area contributed by atoms with Crippen LogP contribution in [-0.2, 0) is 6.54 Å². The molecule has 4 aromatic rings. The zero-order valence-corrected chi connectivity index (χ0v) is 21.7. The molecule has 3 N–H and O–H groups in total. The summed E-state index contributed by atoms with van der Waals surface area (Å²) in [5, 5.41) is 21.2. The van der Waals surface area contributed by atoms with Crippen molar-refractivity contribution in [1.82, 2.24) is 15.1 Å². The Bertz CT molecular complexity index is 1470. The Hall–Kier alpha value is -4.39. The van der Waals surface area contributed by atoms with Crippen LogP contribution >= 0.6 is 0 Å². The highest BCUT2D eigenvalue weighted by atomic mass is 16.3. The number of phenols is 1. The Balaban J connectivity index is 1.42. The molecule has 0 atom stereocenters. The summed E-state index contributed by atoms with van der Waals surface area (Å²) in [6, 6.07) is 21.9. The molecule has 0 saturated heterocycles. The van der Waals surface area contributed by atoms with Crippen LogP contribution in [0.1, 0.15) is 64.3 Å². The molecule has 2 amide bonds. The Labute approximate surface area is 222 Å². The first-order valence-corrected chi connectivity index (χ1v) is 13.0. The molecule has 194 valence electrons. The van der Waals surface area contributed by atoms with Gasteiger partial charge in [0.2, 0.25) is 0 Å². The minimum Gasteiger partial charge on any atom is -0.507 e. The van der Waals surface area contributed by atoms with Crippen molar-refractivity contribution in [2.24, 2.45) is 0 Å². The van der Waals surface area contributed by atoms with Crippen LogP contribution in [0.2, 0.25) is 0 Å². The van der Waals surface area contributed by atoms with E-state index in [1.807, 2.05) is 62.4 Å². The molecule has 5 rings (SSSR count). The number of phenolic OH excluding ortho intramolecular Hbond substituents is 1. The van der Waals surface area contributed by atoms with Crippen molar-refractivity contribution < 1.29 is 14.7 Å². The van der Waals surface area contributed by atoms with Gasteiger partial charge in [-0.2, -0.15) is 9.78 Å². The Morgan fingerprint density at radius 3 is 2.45 bits per heavy atom. The number of hydrogen-bond donors (Lipinski definition) is 3. The van der Waals surface area contributed by atoms with Gasteiger partial charge in [0, 0.05) is 29.3 Å². The number of aromatic hydroxyl groups is 1. The van der Waals surface area contributed by atoms with Gasteiger partial charge in [-0.1, -0.05) is 60.9 Å². The number of amides is 2. The number of nitrogens with zero attached hydrogens (tertiary/aromatic N) is 2. The van der Waals surface area contributed by atoms with Gasteiger partial charge in [0.15, 0.2) is 0 Å². The summed E-state index contributed by atoms with van der Waals surface area (Å²) in [5.74, 6) is 0.0291. The molecule has 0 unspecified atom stereocenters. The molecule has 1 aliphatic rings. The van der Waals surface area contributed by atoms with E-state index in [-0.39, 0.29) is 23.6 Å². The fourth-order valence-electron chi connectivity index (χ4n) is 5.01. The van der Waals surface area contributed by atoms with Crippen molar-refractivity contribution in [1.29, 1.82) is 0 Å². The molecular weight excluding hydrogens is 476 g/mol. The minimum absolute atomic E-state index is 0.0292. The molecule has 7 heteroatoms. The number of nitrogens with one attached hydrogen (secondary N) is 2. The fourth-order valence-corrected chi connectivity index (χ4v) is 5.01. The van der Waals surface area contributed by atoms with E-state index in [9.17, 15) is 14.7 Å². The number of aryl methyl sites for hydroxylation is 2. The van der Waals surface area contributed by atoms with Gasteiger partial charge >= 0.3 is 6.03 Å². The predicted molar refractivity (Wildman–Crippen MR) is 148 cm³/mol. The van der Waals surface area contributed by atoms with Crippen LogP contribution in [-0.4, -0.2) is 26.8 Å². The van der Waals surface area contributed by atoms with Crippen LogP contribution in [0.3, 0.4) is 0 Å². The maximum absolute atomic E-state index is 13.3. The number of carbonyl (C=O) groups is 2. The van der Waals surface area contributed by atoms with E-state index in [0.29, 0.717) is 29.1 Å². The number of hydrogen-bond acceptors (Lipinski definition) is 4. The summed E-state index contributed by atoms with van der Waals surface area (Å²) >= 11 is 0. The normalized spacial score (nSPS) is 13.4. The van der Waals surface area contributed by atoms with Crippen molar-refractivity contribution in [3.05, 3.63) is 101 Å². The van der Waals surface area contributed by atoms with Gasteiger partial charge in [-0.15, -0.1) is 0 Å². The second kappa shape index (κ2) is 10.9. The van der Waals surface area contributed by atoms with Gasteiger partial charge < -0.3 is 15.7 Å². The third kappa shape index (κ3) is 5.47. The van der Waals surface area contributed by atoms with E-state index in [2.05, 4.69) is 15.7 Å². The van der Waals surface area contributed by atoms with Crippen molar-refractivity contribution in [2.75, 3.05) is 5.32 Å². The van der Waals surface area contributed by atoms with Gasteiger partial charge in [0.05, 0.1) is 11.4 Å². The Kier molecular flexibility index (Phi) is 7.26. The lowest BCUT2D eigenvalue weighted by molar-refractivity contribution is 0.102. The zero-order chi connectivity index (χ0) is 26.6. The van der Waals surface area contributed by atoms with Crippen LogP contribution in [0.5, 0.6) is 5.75 Å². The highest BCUT2D eigenvalue weighted by Crippen LogP contribution is 2.38. The highest BCUT2D eigenvalue weighted by Gasteiger charge is 2.26. The van der Waals surface area contributed by atoms with E-state index >= 15 is 0 Å². The van der Waals surface area contributed by atoms with Gasteiger partial charge in [-0.25, -0.2) is 4.79 Å². The van der Waals surface area contributed by atoms with Crippen molar-refractivity contribution >= 4 is 17.6 Å². The van der Waals surface area contributed by atoms with E-state index in [1.165, 1.54) is 10.7 Å². The summed E-state index contributed by atoms with van der Waals surface area (Å²) in [7, 11) is 0. The first kappa shape index (κ1) is 25.3. The highest BCUT2D eigenvalue weighted by molar-refractivity contribution is 6.05. The molecule has 0 radical (unpaired) electrons. The molecule has 1 aliphatic carbocycles. The SMILES string of the molecule is Cc1ccc(CNC(=O)n2nc(-c3cc(NC(=O)c4ccccc4C)ccc3O)cc2C2CCCC2)cc1. The van der Waals surface area contributed by atoms with Gasteiger partial charge in [-0.05, 0) is 68.1 Å². The van der Waals surface area contributed by atoms with E-state index in [1.54, 1.807) is 18.2 Å². The first-order valence-electron chi connectivity index (χ1n) is 13.0. The van der Waals surface area contributed by atoms with Gasteiger partial charge in [0.1, 0.15) is 5.75 Å². The smallest absolute Gasteiger partial charge is 0.342 e. The average molecular weight is 509 g/mol. The number of carbonyl (C=O) groups excluding carboxylic acids is 2. The molecule has 3 aromatic carbocycles. The lowest BCUT2D eigenvalue weighted by atomic mass is 10.0. The molecule has 0 spiro atoms. The third-order valence-corrected chi connectivity index (χ3v) is 7.19. The van der Waals surface area contributed by atoms with E-state index in [0.717, 1.165) is 48.1 Å². The van der Waals surface area contributed by atoms with Crippen LogP contribution in [0.25, 0.3) is 11.3 Å². The molecule has 1 saturated carbocycles. The molecule has 38 heavy (non-hydrogen) atoms. The lowest BCUT2D eigenvalue weighted by Crippen LogP contribution is -2.30. The molecule has 0 aliphatic heterocycles. The molecular formula is C31H32N4O3. The van der Waals surface area contributed by atoms with Crippen molar-refractivity contribution in [2.45, 2.75) is 52.0 Å². The summed E-state index contributed by atoms with van der Waals surface area (Å²) in [5.41, 5.74) is 5.95. The predicted octanol–water partition coefficient (Wildman–Crippen LogP) is 6.54. The molecule has 0 bridgehead atoms. The summed E-state index contributed by atoms with van der Waals surface area (Å²) < 4.78 is 1.44. The topological polar surface area (TPSA) is 96.3 Å². The van der Waals surface area contributed by atoms with Crippen LogP contribution < -0.4 is 10.6 Å². The maximum atomic E-state index is 13.3. The Morgan fingerprint density at radius 1 is 0.974 bits per heavy atom. The minimum atomic E-state index is -0.303. The standard InChI is InChI=1S/C31H32N4O3/c1-20-11-13-22(14-12-20)19-32-31(38)35-28(23-8-4-5-9-23)18-27(34-35)26-17-24(15-16-29(26)36)33-30(37)25-10-6-3-7-21(25)2/h3,6-7,10-18,23,36H,4-5,8-9,19H2,1-2H3,(H,32,38)(H,33,37). The number of benzene rings is 3. The van der Waals surface area contributed by atoms with Crippen LogP contribution in [0, 0.1) is 13.8 Å². The van der Waals surface area contributed by atoms with Crippen molar-refractivity contribution in [3.8, 4) is 17.0 Å². The molecule has 1 heterocycles.